The summed E-state index contributed by atoms with van der Waals surface area (Å²) in [7, 11) is 1.48. The third-order valence-electron chi connectivity index (χ3n) is 3.28. The lowest BCUT2D eigenvalue weighted by molar-refractivity contribution is 0.203. The Hall–Kier alpha value is -1.10. The molecule has 0 aliphatic carbocycles. The largest absolute Gasteiger partial charge is 0.494 e. The molecule has 0 unspecified atom stereocenters. The van der Waals surface area contributed by atoms with Gasteiger partial charge in [-0.2, -0.15) is 0 Å². The Kier molecular flexibility index (Phi) is 6.28. The standard InChI is InChI=1S/C14H19FN2O.ClH/c1-3-13(17-8-6-16-7-9-17)11-4-5-12(15)14(10-11)18-2;/h3-5,10,13,16H,1,6-9H2,2H3;1H/t13-;/m1./s1. The van der Waals surface area contributed by atoms with Crippen molar-refractivity contribution in [2.75, 3.05) is 33.3 Å². The van der Waals surface area contributed by atoms with Crippen molar-refractivity contribution >= 4 is 12.4 Å². The third kappa shape index (κ3) is 3.69. The van der Waals surface area contributed by atoms with Crippen molar-refractivity contribution in [2.24, 2.45) is 0 Å². The van der Waals surface area contributed by atoms with Gasteiger partial charge in [-0.3, -0.25) is 4.90 Å². The third-order valence-corrected chi connectivity index (χ3v) is 3.28. The molecule has 0 radical (unpaired) electrons. The first-order chi connectivity index (χ1) is 8.76. The van der Waals surface area contributed by atoms with Crippen molar-refractivity contribution < 1.29 is 9.13 Å². The molecule has 1 atom stereocenters. The number of piperazine rings is 1. The molecule has 1 N–H and O–H groups in total. The summed E-state index contributed by atoms with van der Waals surface area (Å²) in [4.78, 5) is 2.33. The van der Waals surface area contributed by atoms with Crippen LogP contribution >= 0.6 is 12.4 Å². The molecule has 0 bridgehead atoms. The minimum atomic E-state index is -0.329. The second-order valence-corrected chi connectivity index (χ2v) is 4.36. The van der Waals surface area contributed by atoms with E-state index in [4.69, 9.17) is 4.74 Å². The number of hydrogen-bond donors (Lipinski definition) is 1. The summed E-state index contributed by atoms with van der Waals surface area (Å²) in [6.07, 6.45) is 1.90. The minimum absolute atomic E-state index is 0. The van der Waals surface area contributed by atoms with E-state index in [1.807, 2.05) is 6.08 Å². The highest BCUT2D eigenvalue weighted by Gasteiger charge is 2.20. The lowest BCUT2D eigenvalue weighted by Crippen LogP contribution is -2.44. The Labute approximate surface area is 119 Å². The molecule has 1 aliphatic rings. The van der Waals surface area contributed by atoms with Gasteiger partial charge in [0.1, 0.15) is 0 Å². The predicted octanol–water partition coefficient (Wildman–Crippen LogP) is 2.39. The van der Waals surface area contributed by atoms with Crippen LogP contribution in [0.15, 0.2) is 30.9 Å². The monoisotopic (exact) mass is 286 g/mol. The second kappa shape index (κ2) is 7.48. The van der Waals surface area contributed by atoms with Crippen LogP contribution in [0.3, 0.4) is 0 Å². The van der Waals surface area contributed by atoms with Crippen LogP contribution in [0.2, 0.25) is 0 Å². The van der Waals surface area contributed by atoms with Crippen LogP contribution < -0.4 is 10.1 Å². The van der Waals surface area contributed by atoms with Crippen LogP contribution in [0.25, 0.3) is 0 Å². The van der Waals surface area contributed by atoms with Crippen molar-refractivity contribution in [2.45, 2.75) is 6.04 Å². The van der Waals surface area contributed by atoms with Gasteiger partial charge in [-0.05, 0) is 17.7 Å². The molecule has 1 saturated heterocycles. The Morgan fingerprint density at radius 1 is 1.42 bits per heavy atom. The van der Waals surface area contributed by atoms with E-state index in [0.717, 1.165) is 31.7 Å². The quantitative estimate of drug-likeness (QED) is 0.860. The molecule has 5 heteroatoms. The van der Waals surface area contributed by atoms with Gasteiger partial charge < -0.3 is 10.1 Å². The second-order valence-electron chi connectivity index (χ2n) is 4.36. The van der Waals surface area contributed by atoms with Crippen LogP contribution in [0.1, 0.15) is 11.6 Å². The van der Waals surface area contributed by atoms with Crippen LogP contribution in [-0.4, -0.2) is 38.2 Å². The van der Waals surface area contributed by atoms with Gasteiger partial charge in [0.05, 0.1) is 13.2 Å². The SMILES string of the molecule is C=C[C@H](c1ccc(F)c(OC)c1)N1CCNCC1.Cl. The fourth-order valence-electron chi connectivity index (χ4n) is 2.32. The van der Waals surface area contributed by atoms with Crippen LogP contribution in [0, 0.1) is 5.82 Å². The molecule has 106 valence electrons. The topological polar surface area (TPSA) is 24.5 Å². The lowest BCUT2D eigenvalue weighted by atomic mass is 10.0. The maximum atomic E-state index is 13.4. The van der Waals surface area contributed by atoms with Gasteiger partial charge in [0.15, 0.2) is 11.6 Å². The molecular weight excluding hydrogens is 267 g/mol. The van der Waals surface area contributed by atoms with E-state index >= 15 is 0 Å². The number of ether oxygens (including phenoxy) is 1. The molecule has 19 heavy (non-hydrogen) atoms. The molecule has 0 amide bonds. The van der Waals surface area contributed by atoms with E-state index in [9.17, 15) is 4.39 Å². The Morgan fingerprint density at radius 3 is 2.68 bits per heavy atom. The van der Waals surface area contributed by atoms with Crippen LogP contribution in [0.4, 0.5) is 4.39 Å². The summed E-state index contributed by atoms with van der Waals surface area (Å²) in [6, 6.07) is 5.12. The maximum absolute atomic E-state index is 13.4. The highest BCUT2D eigenvalue weighted by atomic mass is 35.5. The highest BCUT2D eigenvalue weighted by Crippen LogP contribution is 2.27. The van der Waals surface area contributed by atoms with Gasteiger partial charge in [-0.15, -0.1) is 19.0 Å². The molecule has 1 aromatic carbocycles. The van der Waals surface area contributed by atoms with Gasteiger partial charge >= 0.3 is 0 Å². The molecule has 1 aliphatic heterocycles. The number of halogens is 2. The number of rotatable bonds is 4. The van der Waals surface area contributed by atoms with Gasteiger partial charge in [-0.1, -0.05) is 12.1 Å². The molecule has 2 rings (SSSR count). The first-order valence-electron chi connectivity index (χ1n) is 6.17. The van der Waals surface area contributed by atoms with E-state index in [-0.39, 0.29) is 30.0 Å². The Morgan fingerprint density at radius 2 is 2.11 bits per heavy atom. The number of methoxy groups -OCH3 is 1. The summed E-state index contributed by atoms with van der Waals surface area (Å²) < 4.78 is 18.4. The van der Waals surface area contributed by atoms with Crippen LogP contribution in [0.5, 0.6) is 5.75 Å². The highest BCUT2D eigenvalue weighted by molar-refractivity contribution is 5.85. The van der Waals surface area contributed by atoms with E-state index < -0.39 is 0 Å². The van der Waals surface area contributed by atoms with Crippen molar-refractivity contribution in [3.63, 3.8) is 0 Å². The van der Waals surface area contributed by atoms with E-state index in [2.05, 4.69) is 16.8 Å². The maximum Gasteiger partial charge on any atom is 0.165 e. The first kappa shape index (κ1) is 16.0. The van der Waals surface area contributed by atoms with E-state index in [1.54, 1.807) is 12.1 Å². The normalized spacial score (nSPS) is 17.4. The molecule has 3 nitrogen and oxygen atoms in total. The molecular formula is C14H20ClFN2O. The van der Waals surface area contributed by atoms with E-state index in [0.29, 0.717) is 0 Å². The molecule has 0 saturated carbocycles. The lowest BCUT2D eigenvalue weighted by Gasteiger charge is -2.33. The predicted molar refractivity (Wildman–Crippen MR) is 77.6 cm³/mol. The molecule has 1 aromatic rings. The molecule has 1 fully saturated rings. The summed E-state index contributed by atoms with van der Waals surface area (Å²) in [6.45, 7) is 7.78. The summed E-state index contributed by atoms with van der Waals surface area (Å²) in [5.41, 5.74) is 1.02. The average molecular weight is 287 g/mol. The molecule has 0 spiro atoms. The van der Waals surface area contributed by atoms with Gasteiger partial charge in [0, 0.05) is 26.2 Å². The zero-order valence-corrected chi connectivity index (χ0v) is 11.9. The summed E-state index contributed by atoms with van der Waals surface area (Å²) >= 11 is 0. The Bertz CT molecular complexity index is 422. The summed E-state index contributed by atoms with van der Waals surface area (Å²) in [5, 5.41) is 3.32. The summed E-state index contributed by atoms with van der Waals surface area (Å²) in [5.74, 6) is -0.0427. The van der Waals surface area contributed by atoms with Crippen molar-refractivity contribution in [1.82, 2.24) is 10.2 Å². The smallest absolute Gasteiger partial charge is 0.165 e. The van der Waals surface area contributed by atoms with Gasteiger partial charge in [0.25, 0.3) is 0 Å². The van der Waals surface area contributed by atoms with E-state index in [1.165, 1.54) is 13.2 Å². The fourth-order valence-corrected chi connectivity index (χ4v) is 2.32. The number of hydrogen-bond acceptors (Lipinski definition) is 3. The minimum Gasteiger partial charge on any atom is -0.494 e. The van der Waals surface area contributed by atoms with Gasteiger partial charge in [0.2, 0.25) is 0 Å². The molecule has 1 heterocycles. The first-order valence-corrected chi connectivity index (χ1v) is 6.17. The molecule has 0 aromatic heterocycles. The van der Waals surface area contributed by atoms with Crippen molar-refractivity contribution in [1.29, 1.82) is 0 Å². The van der Waals surface area contributed by atoms with Crippen LogP contribution in [-0.2, 0) is 0 Å². The van der Waals surface area contributed by atoms with Gasteiger partial charge in [-0.25, -0.2) is 4.39 Å². The number of nitrogens with one attached hydrogen (secondary N) is 1. The zero-order chi connectivity index (χ0) is 13.0. The number of nitrogens with zero attached hydrogens (tertiary/aromatic N) is 1. The van der Waals surface area contributed by atoms with Crippen molar-refractivity contribution in [3.8, 4) is 5.75 Å². The number of benzene rings is 1. The Balaban J connectivity index is 0.00000180. The zero-order valence-electron chi connectivity index (χ0n) is 11.1. The van der Waals surface area contributed by atoms with Crippen molar-refractivity contribution in [3.05, 3.63) is 42.2 Å². The fraction of sp³-hybridized carbons (Fsp3) is 0.429. The average Bonchev–Trinajstić information content (AvgIpc) is 2.42.